The number of hydrogen-bond donors (Lipinski definition) is 2. The van der Waals surface area contributed by atoms with E-state index >= 15 is 0 Å². The third-order valence-corrected chi connectivity index (χ3v) is 1.61. The number of carbonyl (C=O) groups excluding carboxylic acids is 1. The van der Waals surface area contributed by atoms with E-state index in [0.717, 1.165) is 5.56 Å². The van der Waals surface area contributed by atoms with Crippen molar-refractivity contribution in [3.8, 4) is 0 Å². The fourth-order valence-electron chi connectivity index (χ4n) is 0.887. The van der Waals surface area contributed by atoms with E-state index in [4.69, 9.17) is 5.21 Å². The van der Waals surface area contributed by atoms with Crippen molar-refractivity contribution in [2.75, 3.05) is 0 Å². The molecule has 2 N–H and O–H groups in total. The number of benzene rings is 1. The van der Waals surface area contributed by atoms with Gasteiger partial charge in [-0.15, -0.1) is 0 Å². The molecule has 1 aromatic carbocycles. The molecule has 3 nitrogen and oxygen atoms in total. The molecule has 13 heavy (non-hydrogen) atoms. The van der Waals surface area contributed by atoms with Gasteiger partial charge in [0.2, 0.25) is 0 Å². The topological polar surface area (TPSA) is 49.3 Å². The lowest BCUT2D eigenvalue weighted by molar-refractivity contribution is -0.124. The molecular formula is C10H11NO2. The Labute approximate surface area is 76.7 Å². The van der Waals surface area contributed by atoms with Gasteiger partial charge in [0.25, 0.3) is 5.91 Å². The first-order valence-electron chi connectivity index (χ1n) is 3.91. The number of amides is 1. The second-order valence-electron chi connectivity index (χ2n) is 2.72. The predicted molar refractivity (Wildman–Crippen MR) is 50.1 cm³/mol. The van der Waals surface area contributed by atoms with Crippen LogP contribution in [0, 0.1) is 6.92 Å². The molecule has 0 aromatic heterocycles. The molecule has 3 heteroatoms. The molecule has 1 rings (SSSR count). The highest BCUT2D eigenvalue weighted by molar-refractivity contribution is 5.90. The Bertz CT molecular complexity index is 314. The number of carbonyl (C=O) groups is 1. The van der Waals surface area contributed by atoms with Crippen LogP contribution in [-0.4, -0.2) is 11.1 Å². The molecule has 0 aliphatic heterocycles. The van der Waals surface area contributed by atoms with Crippen LogP contribution in [0.3, 0.4) is 0 Å². The van der Waals surface area contributed by atoms with E-state index in [-0.39, 0.29) is 0 Å². The van der Waals surface area contributed by atoms with Crippen LogP contribution in [0.5, 0.6) is 0 Å². The first-order chi connectivity index (χ1) is 6.22. The van der Waals surface area contributed by atoms with Gasteiger partial charge in [-0.3, -0.25) is 10.0 Å². The lowest BCUT2D eigenvalue weighted by Crippen LogP contribution is -2.14. The Morgan fingerprint density at radius 3 is 2.54 bits per heavy atom. The van der Waals surface area contributed by atoms with Crippen molar-refractivity contribution >= 4 is 12.0 Å². The van der Waals surface area contributed by atoms with Gasteiger partial charge >= 0.3 is 0 Å². The van der Waals surface area contributed by atoms with Crippen molar-refractivity contribution in [2.24, 2.45) is 0 Å². The van der Waals surface area contributed by atoms with Crippen molar-refractivity contribution in [1.29, 1.82) is 0 Å². The fraction of sp³-hybridized carbons (Fsp3) is 0.100. The Morgan fingerprint density at radius 2 is 2.00 bits per heavy atom. The Kier molecular flexibility index (Phi) is 3.23. The lowest BCUT2D eigenvalue weighted by atomic mass is 10.1. The van der Waals surface area contributed by atoms with Gasteiger partial charge in [0.05, 0.1) is 0 Å². The second kappa shape index (κ2) is 4.42. The van der Waals surface area contributed by atoms with E-state index in [9.17, 15) is 4.79 Å². The van der Waals surface area contributed by atoms with Crippen LogP contribution in [-0.2, 0) is 4.79 Å². The third kappa shape index (κ3) is 3.09. The Balaban J connectivity index is 2.69. The van der Waals surface area contributed by atoms with Crippen LogP contribution in [0.15, 0.2) is 30.3 Å². The maximum absolute atomic E-state index is 10.6. The van der Waals surface area contributed by atoms with E-state index in [1.807, 2.05) is 31.2 Å². The first-order valence-corrected chi connectivity index (χ1v) is 3.91. The smallest absolute Gasteiger partial charge is 0.267 e. The van der Waals surface area contributed by atoms with Crippen LogP contribution in [0.2, 0.25) is 0 Å². The van der Waals surface area contributed by atoms with Gasteiger partial charge in [0.1, 0.15) is 0 Å². The number of nitrogens with one attached hydrogen (secondary N) is 1. The van der Waals surface area contributed by atoms with Crippen molar-refractivity contribution < 1.29 is 10.0 Å². The molecule has 0 unspecified atom stereocenters. The molecule has 0 saturated carbocycles. The summed E-state index contributed by atoms with van der Waals surface area (Å²) in [5.41, 5.74) is 3.62. The molecule has 0 heterocycles. The van der Waals surface area contributed by atoms with Crippen molar-refractivity contribution in [3.05, 3.63) is 41.5 Å². The highest BCUT2D eigenvalue weighted by Gasteiger charge is 1.90. The molecule has 1 amide bonds. The van der Waals surface area contributed by atoms with E-state index < -0.39 is 5.91 Å². The third-order valence-electron chi connectivity index (χ3n) is 1.61. The molecular weight excluding hydrogens is 166 g/mol. The lowest BCUT2D eigenvalue weighted by Gasteiger charge is -1.94. The van der Waals surface area contributed by atoms with Gasteiger partial charge in [-0.1, -0.05) is 29.8 Å². The number of hydrogen-bond acceptors (Lipinski definition) is 2. The zero-order valence-corrected chi connectivity index (χ0v) is 7.32. The highest BCUT2D eigenvalue weighted by Crippen LogP contribution is 2.04. The molecule has 0 radical (unpaired) electrons. The summed E-state index contributed by atoms with van der Waals surface area (Å²) in [5.74, 6) is -0.527. The summed E-state index contributed by atoms with van der Waals surface area (Å²) in [7, 11) is 0. The minimum atomic E-state index is -0.527. The van der Waals surface area contributed by atoms with Crippen LogP contribution in [0.1, 0.15) is 11.1 Å². The summed E-state index contributed by atoms with van der Waals surface area (Å²) in [6, 6.07) is 7.71. The molecule has 0 aliphatic rings. The van der Waals surface area contributed by atoms with Gasteiger partial charge in [0, 0.05) is 6.08 Å². The minimum absolute atomic E-state index is 0.527. The Morgan fingerprint density at radius 1 is 1.38 bits per heavy atom. The number of hydroxylamine groups is 1. The van der Waals surface area contributed by atoms with Gasteiger partial charge in [-0.25, -0.2) is 5.48 Å². The summed E-state index contributed by atoms with van der Waals surface area (Å²) in [6.45, 7) is 1.99. The monoisotopic (exact) mass is 177 g/mol. The quantitative estimate of drug-likeness (QED) is 0.408. The Hall–Kier alpha value is -1.61. The fourth-order valence-corrected chi connectivity index (χ4v) is 0.887. The minimum Gasteiger partial charge on any atom is -0.288 e. The molecule has 1 aromatic rings. The summed E-state index contributed by atoms with van der Waals surface area (Å²) in [5, 5.41) is 8.21. The SMILES string of the molecule is Cc1ccc(C=CC(=O)NO)cc1. The van der Waals surface area contributed by atoms with Crippen LogP contribution < -0.4 is 5.48 Å². The zero-order valence-electron chi connectivity index (χ0n) is 7.32. The van der Waals surface area contributed by atoms with E-state index in [0.29, 0.717) is 0 Å². The van der Waals surface area contributed by atoms with Crippen molar-refractivity contribution in [3.63, 3.8) is 0 Å². The van der Waals surface area contributed by atoms with Crippen molar-refractivity contribution in [2.45, 2.75) is 6.92 Å². The maximum Gasteiger partial charge on any atom is 0.267 e. The van der Waals surface area contributed by atoms with E-state index in [1.165, 1.54) is 17.1 Å². The molecule has 0 bridgehead atoms. The molecule has 0 aliphatic carbocycles. The zero-order chi connectivity index (χ0) is 9.68. The summed E-state index contributed by atoms with van der Waals surface area (Å²) in [4.78, 5) is 10.6. The van der Waals surface area contributed by atoms with Crippen LogP contribution in [0.25, 0.3) is 6.08 Å². The first kappa shape index (κ1) is 9.48. The second-order valence-corrected chi connectivity index (χ2v) is 2.72. The average molecular weight is 177 g/mol. The molecule has 0 fully saturated rings. The largest absolute Gasteiger partial charge is 0.288 e. The van der Waals surface area contributed by atoms with E-state index in [1.54, 1.807) is 6.08 Å². The number of rotatable bonds is 2. The molecule has 0 atom stereocenters. The van der Waals surface area contributed by atoms with Gasteiger partial charge in [0.15, 0.2) is 0 Å². The van der Waals surface area contributed by atoms with E-state index in [2.05, 4.69) is 0 Å². The molecule has 68 valence electrons. The van der Waals surface area contributed by atoms with Gasteiger partial charge < -0.3 is 0 Å². The summed E-state index contributed by atoms with van der Waals surface area (Å²) in [6.07, 6.45) is 2.90. The standard InChI is InChI=1S/C10H11NO2/c1-8-2-4-9(5-3-8)6-7-10(12)11-13/h2-7,13H,1H3,(H,11,12). The van der Waals surface area contributed by atoms with Crippen LogP contribution in [0.4, 0.5) is 0 Å². The van der Waals surface area contributed by atoms with Crippen molar-refractivity contribution in [1.82, 2.24) is 5.48 Å². The summed E-state index contributed by atoms with van der Waals surface area (Å²) >= 11 is 0. The van der Waals surface area contributed by atoms with Gasteiger partial charge in [-0.2, -0.15) is 0 Å². The molecule has 0 saturated heterocycles. The van der Waals surface area contributed by atoms with Gasteiger partial charge in [-0.05, 0) is 18.6 Å². The highest BCUT2D eigenvalue weighted by atomic mass is 16.5. The van der Waals surface area contributed by atoms with Crippen LogP contribution >= 0.6 is 0 Å². The maximum atomic E-state index is 10.6. The number of aryl methyl sites for hydroxylation is 1. The summed E-state index contributed by atoms with van der Waals surface area (Å²) < 4.78 is 0. The normalized spacial score (nSPS) is 10.3. The molecule has 0 spiro atoms. The average Bonchev–Trinajstić information content (AvgIpc) is 2.16. The predicted octanol–water partition coefficient (Wildman–Crippen LogP) is 1.51.